The number of hydrogen-bond acceptors (Lipinski definition) is 4. The second-order valence-corrected chi connectivity index (χ2v) is 18.5. The van der Waals surface area contributed by atoms with Crippen LogP contribution >= 0.6 is 11.3 Å². The Bertz CT molecular complexity index is 2280. The molecule has 0 aliphatic carbocycles. The van der Waals surface area contributed by atoms with Crippen molar-refractivity contribution in [3.05, 3.63) is 127 Å². The monoisotopic (exact) mass is 797 g/mol. The number of fused-ring (bicyclic) bond motifs is 6. The molecule has 0 aliphatic heterocycles. The third-order valence-corrected chi connectivity index (χ3v) is 11.1. The van der Waals surface area contributed by atoms with Gasteiger partial charge in [-0.3, -0.25) is 0 Å². The van der Waals surface area contributed by atoms with Crippen LogP contribution in [0.1, 0.15) is 11.1 Å². The first kappa shape index (κ1) is 31.1. The van der Waals surface area contributed by atoms with Gasteiger partial charge in [-0.2, -0.15) is 0 Å². The maximum atomic E-state index is 6.24. The molecule has 0 aliphatic rings. The summed E-state index contributed by atoms with van der Waals surface area (Å²) in [7, 11) is -1.23. The molecule has 0 amide bonds. The van der Waals surface area contributed by atoms with Gasteiger partial charge in [0.25, 0.3) is 0 Å². The number of pyridine rings is 2. The third kappa shape index (κ3) is 6.16. The van der Waals surface area contributed by atoms with Gasteiger partial charge in [-0.25, -0.2) is 0 Å². The van der Waals surface area contributed by atoms with Gasteiger partial charge in [0.15, 0.2) is 0 Å². The normalized spacial score (nSPS) is 11.5. The molecule has 0 unspecified atom stereocenters. The van der Waals surface area contributed by atoms with Crippen molar-refractivity contribution in [1.82, 2.24) is 9.97 Å². The summed E-state index contributed by atoms with van der Waals surface area (Å²) in [4.78, 5) is 9.29. The second kappa shape index (κ2) is 12.5. The molecule has 0 atom stereocenters. The van der Waals surface area contributed by atoms with E-state index in [1.807, 2.05) is 54.1 Å². The maximum absolute atomic E-state index is 6.24. The first-order valence-electron chi connectivity index (χ1n) is 14.8. The van der Waals surface area contributed by atoms with Gasteiger partial charge < -0.3 is 14.4 Å². The molecule has 0 bridgehead atoms. The molecule has 4 aromatic carbocycles. The number of thiophene rings is 1. The average Bonchev–Trinajstić information content (AvgIpc) is 3.58. The van der Waals surface area contributed by atoms with Crippen molar-refractivity contribution in [2.75, 3.05) is 0 Å². The van der Waals surface area contributed by atoms with Gasteiger partial charge in [0.05, 0.1) is 13.7 Å². The van der Waals surface area contributed by atoms with E-state index in [2.05, 4.69) is 111 Å². The van der Waals surface area contributed by atoms with Crippen LogP contribution in [0.5, 0.6) is 0 Å². The summed E-state index contributed by atoms with van der Waals surface area (Å²) in [5.41, 5.74) is 8.12. The molecule has 225 valence electrons. The van der Waals surface area contributed by atoms with E-state index >= 15 is 0 Å². The Kier molecular flexibility index (Phi) is 8.60. The fraction of sp³-hybridized carbons (Fsp3) is 0.128. The summed E-state index contributed by atoms with van der Waals surface area (Å²) in [5.74, 6) is 0. The molecule has 3 nitrogen and oxygen atoms in total. The Hall–Kier alpha value is -3.93. The fourth-order valence-electron chi connectivity index (χ4n) is 5.50. The van der Waals surface area contributed by atoms with Gasteiger partial charge in [-0.05, 0) is 53.7 Å². The van der Waals surface area contributed by atoms with Crippen LogP contribution in [0, 0.1) is 26.0 Å². The summed E-state index contributed by atoms with van der Waals surface area (Å²) in [6, 6.07) is 37.9. The minimum atomic E-state index is -1.23. The van der Waals surface area contributed by atoms with Gasteiger partial charge >= 0.3 is 0 Å². The van der Waals surface area contributed by atoms with E-state index in [4.69, 9.17) is 9.40 Å². The van der Waals surface area contributed by atoms with Gasteiger partial charge in [-0.1, -0.05) is 73.1 Å². The number of aryl methyl sites for hydroxylation is 2. The van der Waals surface area contributed by atoms with Crippen LogP contribution in [0.4, 0.5) is 0 Å². The van der Waals surface area contributed by atoms with E-state index in [9.17, 15) is 0 Å². The van der Waals surface area contributed by atoms with E-state index in [0.29, 0.717) is 0 Å². The van der Waals surface area contributed by atoms with E-state index in [-0.39, 0.29) is 20.1 Å². The summed E-state index contributed by atoms with van der Waals surface area (Å²) < 4.78 is 8.78. The van der Waals surface area contributed by atoms with Gasteiger partial charge in [-0.15, -0.1) is 65.4 Å². The van der Waals surface area contributed by atoms with Crippen LogP contribution in [-0.4, -0.2) is 18.0 Å². The van der Waals surface area contributed by atoms with Crippen LogP contribution in [0.15, 0.2) is 108 Å². The average molecular weight is 797 g/mol. The minimum Gasteiger partial charge on any atom is -0.501 e. The van der Waals surface area contributed by atoms with Crippen LogP contribution < -0.4 is 5.19 Å². The smallest absolute Gasteiger partial charge is 0.121 e. The predicted octanol–water partition coefficient (Wildman–Crippen LogP) is 10.5. The Morgan fingerprint density at radius 3 is 2.16 bits per heavy atom. The van der Waals surface area contributed by atoms with Crippen molar-refractivity contribution in [3.8, 4) is 22.5 Å². The van der Waals surface area contributed by atoms with E-state index in [1.165, 1.54) is 36.5 Å². The molecular weight excluding hydrogens is 765 g/mol. The van der Waals surface area contributed by atoms with Crippen LogP contribution in [-0.2, 0) is 20.1 Å². The van der Waals surface area contributed by atoms with Gasteiger partial charge in [0.2, 0.25) is 0 Å². The quantitative estimate of drug-likeness (QED) is 0.132. The van der Waals surface area contributed by atoms with Crippen molar-refractivity contribution in [3.63, 3.8) is 0 Å². The standard InChI is InChI=1S/C25H16NOS.C14H16NSi.Ir/c1-14-6-8-16-18-4-3-5-19(25(18)27-22(16)10-14)21-12-24-20(13-26-21)17-9-7-15(2)11-23(17)28-24;1-16(2,3)13-9-10-14(15-11-13)12-7-5-4-6-8-12;/h3-4,6-13H,1-2H3;4-7,9-11H,1-3H3;/q2*-1;. The summed E-state index contributed by atoms with van der Waals surface area (Å²) >= 11 is 1.81. The molecule has 0 fully saturated rings. The fourth-order valence-corrected chi connectivity index (χ4v) is 7.75. The first-order valence-corrected chi connectivity index (χ1v) is 19.1. The molecule has 0 N–H and O–H groups in total. The number of hydrogen-bond donors (Lipinski definition) is 0. The molecule has 8 rings (SSSR count). The molecular formula is C39H32IrN2OSSi-2. The molecule has 0 saturated heterocycles. The predicted molar refractivity (Wildman–Crippen MR) is 190 cm³/mol. The summed E-state index contributed by atoms with van der Waals surface area (Å²) in [6.45, 7) is 11.2. The van der Waals surface area contributed by atoms with Gasteiger partial charge in [0, 0.05) is 58.1 Å². The number of aromatic nitrogens is 2. The molecule has 4 heterocycles. The summed E-state index contributed by atoms with van der Waals surface area (Å²) in [5, 5.41) is 6.11. The zero-order valence-electron chi connectivity index (χ0n) is 25.9. The molecule has 1 radical (unpaired) electrons. The van der Waals surface area contributed by atoms with Crippen LogP contribution in [0.3, 0.4) is 0 Å². The Labute approximate surface area is 282 Å². The van der Waals surface area contributed by atoms with Crippen LogP contribution in [0.2, 0.25) is 19.6 Å². The number of benzene rings is 4. The molecule has 8 aromatic rings. The van der Waals surface area contributed by atoms with Gasteiger partial charge in [0.1, 0.15) is 5.58 Å². The summed E-state index contributed by atoms with van der Waals surface area (Å²) in [6.07, 6.45) is 4.00. The molecule has 0 spiro atoms. The molecule has 45 heavy (non-hydrogen) atoms. The topological polar surface area (TPSA) is 38.9 Å². The number of furan rings is 1. The molecule has 4 aromatic heterocycles. The first-order chi connectivity index (χ1) is 21.2. The zero-order chi connectivity index (χ0) is 30.4. The SMILES string of the molecule is C[Si](C)(C)c1ccc(-c2[c-]cccc2)nc1.Cc1ccc2c(c1)oc1c(-c3cc4sc5cc(C)ccc5c4cn3)[c-]ccc12.[Ir]. The van der Waals surface area contributed by atoms with Crippen molar-refractivity contribution >= 4 is 66.7 Å². The zero-order valence-corrected chi connectivity index (χ0v) is 30.1. The van der Waals surface area contributed by atoms with Crippen molar-refractivity contribution < 1.29 is 24.5 Å². The Morgan fingerprint density at radius 1 is 0.667 bits per heavy atom. The largest absolute Gasteiger partial charge is 0.501 e. The minimum absolute atomic E-state index is 0. The van der Waals surface area contributed by atoms with E-state index in [1.54, 1.807) is 0 Å². The van der Waals surface area contributed by atoms with E-state index in [0.717, 1.165) is 44.5 Å². The third-order valence-electron chi connectivity index (χ3n) is 7.97. The van der Waals surface area contributed by atoms with E-state index < -0.39 is 8.07 Å². The number of nitrogens with zero attached hydrogens (tertiary/aromatic N) is 2. The maximum Gasteiger partial charge on any atom is 0.121 e. The second-order valence-electron chi connectivity index (χ2n) is 12.3. The van der Waals surface area contributed by atoms with Crippen molar-refractivity contribution in [1.29, 1.82) is 0 Å². The molecule has 6 heteroatoms. The number of rotatable bonds is 3. The Morgan fingerprint density at radius 2 is 1.42 bits per heavy atom. The van der Waals surface area contributed by atoms with Crippen molar-refractivity contribution in [2.45, 2.75) is 33.5 Å². The molecule has 0 saturated carbocycles. The Balaban J connectivity index is 0.000000181. The van der Waals surface area contributed by atoms with Crippen molar-refractivity contribution in [2.24, 2.45) is 0 Å². The van der Waals surface area contributed by atoms with Crippen LogP contribution in [0.25, 0.3) is 64.6 Å².